The topological polar surface area (TPSA) is 60.3 Å². The number of anilines is 1. The Hall–Kier alpha value is -3.60. The van der Waals surface area contributed by atoms with Crippen LogP contribution in [0.25, 0.3) is 21.8 Å². The van der Waals surface area contributed by atoms with E-state index in [4.69, 9.17) is 4.74 Å². The van der Waals surface area contributed by atoms with Crippen LogP contribution >= 0.6 is 0 Å². The number of para-hydroxylation sites is 2. The molecule has 0 saturated carbocycles. The summed E-state index contributed by atoms with van der Waals surface area (Å²) in [5, 5.41) is 4.20. The molecule has 1 aromatic heterocycles. The molecule has 5 heteroatoms. The summed E-state index contributed by atoms with van der Waals surface area (Å²) in [6, 6.07) is 20.6. The summed E-state index contributed by atoms with van der Waals surface area (Å²) in [4.78, 5) is 26.0. The van der Waals surface area contributed by atoms with Gasteiger partial charge in [-0.2, -0.15) is 0 Å². The number of benzene rings is 3. The van der Waals surface area contributed by atoms with Gasteiger partial charge in [-0.3, -0.25) is 9.59 Å². The number of pyridine rings is 1. The molecule has 31 heavy (non-hydrogen) atoms. The Bertz CT molecular complexity index is 1290. The van der Waals surface area contributed by atoms with E-state index < -0.39 is 0 Å². The number of carbonyl (C=O) groups excluding carboxylic acids is 1. The van der Waals surface area contributed by atoms with E-state index in [0.717, 1.165) is 16.6 Å². The molecule has 3 aromatic carbocycles. The van der Waals surface area contributed by atoms with Gasteiger partial charge in [0.1, 0.15) is 12.3 Å². The normalized spacial score (nSPS) is 11.6. The number of carbonyl (C=O) groups is 1. The lowest BCUT2D eigenvalue weighted by Crippen LogP contribution is -2.22. The highest BCUT2D eigenvalue weighted by Crippen LogP contribution is 2.31. The van der Waals surface area contributed by atoms with Crippen LogP contribution in [0, 0.1) is 0 Å². The Kier molecular flexibility index (Phi) is 5.27. The van der Waals surface area contributed by atoms with Crippen LogP contribution in [0.1, 0.15) is 26.3 Å². The highest BCUT2D eigenvalue weighted by molar-refractivity contribution is 5.97. The minimum Gasteiger partial charge on any atom is -0.495 e. The van der Waals surface area contributed by atoms with Crippen molar-refractivity contribution in [1.29, 1.82) is 0 Å². The first-order valence-electron chi connectivity index (χ1n) is 10.3. The van der Waals surface area contributed by atoms with Crippen LogP contribution in [-0.4, -0.2) is 17.6 Å². The predicted molar refractivity (Wildman–Crippen MR) is 126 cm³/mol. The molecule has 5 nitrogen and oxygen atoms in total. The zero-order chi connectivity index (χ0) is 22.2. The van der Waals surface area contributed by atoms with E-state index in [0.29, 0.717) is 22.2 Å². The van der Waals surface area contributed by atoms with Gasteiger partial charge in [-0.15, -0.1) is 0 Å². The first-order valence-corrected chi connectivity index (χ1v) is 10.3. The van der Waals surface area contributed by atoms with Gasteiger partial charge in [0.05, 0.1) is 23.8 Å². The number of rotatable bonds is 4. The van der Waals surface area contributed by atoms with Gasteiger partial charge in [0.25, 0.3) is 0 Å². The summed E-state index contributed by atoms with van der Waals surface area (Å²) in [6.07, 6.45) is 0. The average molecular weight is 415 g/mol. The van der Waals surface area contributed by atoms with E-state index in [1.54, 1.807) is 19.2 Å². The fraction of sp³-hybridized carbons (Fsp3) is 0.231. The molecule has 0 spiro atoms. The van der Waals surface area contributed by atoms with Crippen molar-refractivity contribution in [2.75, 3.05) is 12.4 Å². The molecular formula is C26H26N2O3. The zero-order valence-corrected chi connectivity index (χ0v) is 18.2. The van der Waals surface area contributed by atoms with Crippen molar-refractivity contribution in [3.63, 3.8) is 0 Å². The molecule has 0 atom stereocenters. The van der Waals surface area contributed by atoms with E-state index in [1.807, 2.05) is 59.2 Å². The lowest BCUT2D eigenvalue weighted by atomic mass is 9.87. The summed E-state index contributed by atoms with van der Waals surface area (Å²) >= 11 is 0. The van der Waals surface area contributed by atoms with Crippen molar-refractivity contribution in [3.05, 3.63) is 82.5 Å². The molecule has 0 aliphatic rings. The van der Waals surface area contributed by atoms with Gasteiger partial charge in [-0.25, -0.2) is 0 Å². The number of nitrogens with zero attached hydrogens (tertiary/aromatic N) is 1. The maximum atomic E-state index is 13.1. The van der Waals surface area contributed by atoms with Gasteiger partial charge in [0.15, 0.2) is 5.43 Å². The number of hydrogen-bond donors (Lipinski definition) is 1. The molecule has 0 radical (unpaired) electrons. The summed E-state index contributed by atoms with van der Waals surface area (Å²) in [5.74, 6) is 0.416. The van der Waals surface area contributed by atoms with Crippen molar-refractivity contribution in [2.24, 2.45) is 0 Å². The lowest BCUT2D eigenvalue weighted by molar-refractivity contribution is -0.116. The van der Waals surface area contributed by atoms with E-state index >= 15 is 0 Å². The van der Waals surface area contributed by atoms with Crippen LogP contribution in [0.15, 0.2) is 71.5 Å². The van der Waals surface area contributed by atoms with E-state index in [-0.39, 0.29) is 23.3 Å². The predicted octanol–water partition coefficient (Wildman–Crippen LogP) is 5.10. The number of ether oxygens (including phenoxy) is 1. The fourth-order valence-electron chi connectivity index (χ4n) is 3.85. The molecular weight excluding hydrogens is 388 g/mol. The van der Waals surface area contributed by atoms with Crippen molar-refractivity contribution in [1.82, 2.24) is 4.57 Å². The number of aromatic nitrogens is 1. The monoisotopic (exact) mass is 414 g/mol. The Morgan fingerprint density at radius 2 is 1.52 bits per heavy atom. The Morgan fingerprint density at radius 3 is 2.06 bits per heavy atom. The molecule has 0 unspecified atom stereocenters. The van der Waals surface area contributed by atoms with Gasteiger partial charge in [0.2, 0.25) is 5.91 Å². The third kappa shape index (κ3) is 3.91. The molecule has 0 aliphatic carbocycles. The number of fused-ring (bicyclic) bond motifs is 2. The molecule has 4 aromatic rings. The van der Waals surface area contributed by atoms with E-state index in [2.05, 4.69) is 26.1 Å². The van der Waals surface area contributed by atoms with Crippen molar-refractivity contribution in [2.45, 2.75) is 32.7 Å². The largest absolute Gasteiger partial charge is 0.495 e. The molecule has 0 saturated heterocycles. The Labute approximate surface area is 181 Å². The molecule has 1 heterocycles. The van der Waals surface area contributed by atoms with E-state index in [9.17, 15) is 9.59 Å². The Morgan fingerprint density at radius 1 is 0.935 bits per heavy atom. The third-order valence-electron chi connectivity index (χ3n) is 5.52. The standard InChI is InChI=1S/C26H26N2O3/c1-26(2,3)17-13-14-23(31-4)20(15-17)27-24(29)16-28-21-11-7-5-9-18(21)25(30)19-10-6-8-12-22(19)28/h5-15H,16H2,1-4H3,(H,27,29). The van der Waals surface area contributed by atoms with Crippen molar-refractivity contribution >= 4 is 33.4 Å². The SMILES string of the molecule is COc1ccc(C(C)(C)C)cc1NC(=O)Cn1c2ccccc2c(=O)c2ccccc21. The smallest absolute Gasteiger partial charge is 0.244 e. The highest BCUT2D eigenvalue weighted by atomic mass is 16.5. The highest BCUT2D eigenvalue weighted by Gasteiger charge is 2.18. The minimum absolute atomic E-state index is 0.0256. The quantitative estimate of drug-likeness (QED) is 0.473. The van der Waals surface area contributed by atoms with Gasteiger partial charge < -0.3 is 14.6 Å². The third-order valence-corrected chi connectivity index (χ3v) is 5.52. The average Bonchev–Trinajstić information content (AvgIpc) is 2.76. The van der Waals surface area contributed by atoms with Crippen LogP contribution < -0.4 is 15.5 Å². The maximum Gasteiger partial charge on any atom is 0.244 e. The molecule has 0 aliphatic heterocycles. The van der Waals surface area contributed by atoms with Crippen LogP contribution in [0.5, 0.6) is 5.75 Å². The van der Waals surface area contributed by atoms with Gasteiger partial charge >= 0.3 is 0 Å². The van der Waals surface area contributed by atoms with Crippen molar-refractivity contribution < 1.29 is 9.53 Å². The molecule has 0 fully saturated rings. The van der Waals surface area contributed by atoms with E-state index in [1.165, 1.54) is 0 Å². The zero-order valence-electron chi connectivity index (χ0n) is 18.2. The van der Waals surface area contributed by atoms with Crippen LogP contribution in [0.2, 0.25) is 0 Å². The van der Waals surface area contributed by atoms with Gasteiger partial charge in [-0.1, -0.05) is 51.1 Å². The number of hydrogen-bond acceptors (Lipinski definition) is 3. The summed E-state index contributed by atoms with van der Waals surface area (Å²) < 4.78 is 7.35. The van der Waals surface area contributed by atoms with Crippen LogP contribution in [-0.2, 0) is 16.8 Å². The van der Waals surface area contributed by atoms with Crippen LogP contribution in [0.4, 0.5) is 5.69 Å². The molecule has 1 amide bonds. The fourth-order valence-corrected chi connectivity index (χ4v) is 3.85. The lowest BCUT2D eigenvalue weighted by Gasteiger charge is -2.21. The molecule has 4 rings (SSSR count). The number of nitrogens with one attached hydrogen (secondary N) is 1. The minimum atomic E-state index is -0.191. The second kappa shape index (κ2) is 7.91. The molecule has 0 bridgehead atoms. The summed E-state index contributed by atoms with van der Waals surface area (Å²) in [5.41, 5.74) is 3.12. The van der Waals surface area contributed by atoms with Gasteiger partial charge in [0, 0.05) is 10.8 Å². The van der Waals surface area contributed by atoms with Crippen LogP contribution in [0.3, 0.4) is 0 Å². The first kappa shape index (κ1) is 20.7. The summed E-state index contributed by atoms with van der Waals surface area (Å²) in [7, 11) is 1.59. The van der Waals surface area contributed by atoms with Crippen molar-refractivity contribution in [3.8, 4) is 5.75 Å². The number of methoxy groups -OCH3 is 1. The second-order valence-corrected chi connectivity index (χ2v) is 8.66. The Balaban J connectivity index is 1.76. The second-order valence-electron chi connectivity index (χ2n) is 8.66. The maximum absolute atomic E-state index is 13.1. The first-order chi connectivity index (χ1) is 14.8. The summed E-state index contributed by atoms with van der Waals surface area (Å²) in [6.45, 7) is 6.45. The van der Waals surface area contributed by atoms with Gasteiger partial charge in [-0.05, 0) is 47.4 Å². The number of amides is 1. The molecule has 158 valence electrons. The molecule has 1 N–H and O–H groups in total.